The molecule has 0 unspecified atom stereocenters. The Morgan fingerprint density at radius 3 is 1.80 bits per heavy atom. The summed E-state index contributed by atoms with van der Waals surface area (Å²) in [5, 5.41) is 7.08. The molecular weight excluding hydrogens is 558 g/mol. The van der Waals surface area contributed by atoms with E-state index < -0.39 is 0 Å². The van der Waals surface area contributed by atoms with Crippen LogP contribution in [0.2, 0.25) is 0 Å². The summed E-state index contributed by atoms with van der Waals surface area (Å²) in [6.45, 7) is 0. The Balaban J connectivity index is 1.27. The summed E-state index contributed by atoms with van der Waals surface area (Å²) in [5.41, 5.74) is 9.75. The highest BCUT2D eigenvalue weighted by atomic mass is 16.3. The van der Waals surface area contributed by atoms with Gasteiger partial charge in [0.25, 0.3) is 0 Å². The molecule has 0 bridgehead atoms. The first-order valence-corrected chi connectivity index (χ1v) is 15.7. The van der Waals surface area contributed by atoms with Gasteiger partial charge in [-0.2, -0.15) is 0 Å². The molecule has 0 fully saturated rings. The van der Waals surface area contributed by atoms with Crippen LogP contribution in [0.1, 0.15) is 0 Å². The van der Waals surface area contributed by atoms with E-state index in [1.165, 1.54) is 38.2 Å². The third kappa shape index (κ3) is 4.43. The average molecular weight is 588 g/mol. The van der Waals surface area contributed by atoms with Crippen LogP contribution < -0.4 is 4.90 Å². The molecule has 46 heavy (non-hydrogen) atoms. The molecule has 216 valence electrons. The molecule has 0 saturated heterocycles. The summed E-state index contributed by atoms with van der Waals surface area (Å²) < 4.78 is 6.52. The summed E-state index contributed by atoms with van der Waals surface area (Å²) in [7, 11) is 0. The number of anilines is 3. The van der Waals surface area contributed by atoms with Crippen molar-refractivity contribution in [1.82, 2.24) is 0 Å². The molecule has 1 aromatic heterocycles. The molecule has 0 aliphatic carbocycles. The van der Waals surface area contributed by atoms with E-state index in [0.29, 0.717) is 0 Å². The minimum absolute atomic E-state index is 0.873. The van der Waals surface area contributed by atoms with Gasteiger partial charge in [0, 0.05) is 16.6 Å². The van der Waals surface area contributed by atoms with Crippen molar-refractivity contribution in [3.05, 3.63) is 176 Å². The molecule has 9 aromatic rings. The van der Waals surface area contributed by atoms with Crippen molar-refractivity contribution in [3.8, 4) is 22.3 Å². The normalized spacial score (nSPS) is 11.5. The van der Waals surface area contributed by atoms with Gasteiger partial charge in [-0.3, -0.25) is 0 Å². The van der Waals surface area contributed by atoms with Crippen molar-refractivity contribution < 1.29 is 4.42 Å². The first kappa shape index (κ1) is 26.3. The van der Waals surface area contributed by atoms with Crippen LogP contribution in [0.3, 0.4) is 0 Å². The molecule has 2 nitrogen and oxygen atoms in total. The van der Waals surface area contributed by atoms with Gasteiger partial charge in [0.2, 0.25) is 0 Å². The predicted molar refractivity (Wildman–Crippen MR) is 194 cm³/mol. The number of furan rings is 1. The Bertz CT molecular complexity index is 2530. The van der Waals surface area contributed by atoms with Gasteiger partial charge in [0.1, 0.15) is 11.2 Å². The predicted octanol–water partition coefficient (Wildman–Crippen LogP) is 12.7. The van der Waals surface area contributed by atoms with Gasteiger partial charge in [-0.1, -0.05) is 127 Å². The minimum atomic E-state index is 0.873. The molecule has 0 amide bonds. The maximum absolute atomic E-state index is 6.52. The highest BCUT2D eigenvalue weighted by Crippen LogP contribution is 2.46. The van der Waals surface area contributed by atoms with Crippen LogP contribution in [0.15, 0.2) is 180 Å². The first-order valence-electron chi connectivity index (χ1n) is 15.7. The zero-order valence-electron chi connectivity index (χ0n) is 25.1. The second kappa shape index (κ2) is 10.8. The van der Waals surface area contributed by atoms with E-state index in [-0.39, 0.29) is 0 Å². The van der Waals surface area contributed by atoms with Crippen LogP contribution in [0.5, 0.6) is 0 Å². The van der Waals surface area contributed by atoms with Crippen LogP contribution in [0.25, 0.3) is 65.7 Å². The van der Waals surface area contributed by atoms with Crippen molar-refractivity contribution in [2.45, 2.75) is 0 Å². The van der Waals surface area contributed by atoms with E-state index in [4.69, 9.17) is 4.42 Å². The Kier molecular flexibility index (Phi) is 6.17. The first-order chi connectivity index (χ1) is 22.8. The van der Waals surface area contributed by atoms with Gasteiger partial charge in [0.05, 0.1) is 16.8 Å². The lowest BCUT2D eigenvalue weighted by Gasteiger charge is -2.28. The summed E-state index contributed by atoms with van der Waals surface area (Å²) in [6, 6.07) is 62.8. The molecule has 8 aromatic carbocycles. The summed E-state index contributed by atoms with van der Waals surface area (Å²) >= 11 is 0. The lowest BCUT2D eigenvalue weighted by Crippen LogP contribution is -2.11. The number of hydrogen-bond acceptors (Lipinski definition) is 2. The van der Waals surface area contributed by atoms with Crippen LogP contribution in [0, 0.1) is 0 Å². The highest BCUT2D eigenvalue weighted by Gasteiger charge is 2.22. The molecule has 9 rings (SSSR count). The zero-order valence-corrected chi connectivity index (χ0v) is 25.1. The molecule has 0 N–H and O–H groups in total. The van der Waals surface area contributed by atoms with E-state index in [2.05, 4.69) is 181 Å². The Morgan fingerprint density at radius 2 is 1.00 bits per heavy atom. The van der Waals surface area contributed by atoms with E-state index in [1.807, 2.05) is 0 Å². The Hall–Kier alpha value is -6.12. The van der Waals surface area contributed by atoms with Crippen molar-refractivity contribution in [2.24, 2.45) is 0 Å². The van der Waals surface area contributed by atoms with E-state index in [0.717, 1.165) is 44.6 Å². The van der Waals surface area contributed by atoms with Gasteiger partial charge in [-0.05, 0) is 86.8 Å². The third-order valence-electron chi connectivity index (χ3n) is 9.02. The largest absolute Gasteiger partial charge is 0.456 e. The van der Waals surface area contributed by atoms with E-state index >= 15 is 0 Å². The highest BCUT2D eigenvalue weighted by molar-refractivity contribution is 6.16. The number of hydrogen-bond donors (Lipinski definition) is 0. The molecular formula is C44H29NO. The van der Waals surface area contributed by atoms with Gasteiger partial charge >= 0.3 is 0 Å². The lowest BCUT2D eigenvalue weighted by atomic mass is 9.99. The average Bonchev–Trinajstić information content (AvgIpc) is 3.49. The summed E-state index contributed by atoms with van der Waals surface area (Å²) in [6.07, 6.45) is 0. The number of fused-ring (bicyclic) bond motifs is 5. The number of nitrogens with zero attached hydrogens (tertiary/aromatic N) is 1. The van der Waals surface area contributed by atoms with Crippen molar-refractivity contribution in [1.29, 1.82) is 0 Å². The number of rotatable bonds is 5. The zero-order chi connectivity index (χ0) is 30.5. The second-order valence-corrected chi connectivity index (χ2v) is 11.8. The topological polar surface area (TPSA) is 16.4 Å². The molecule has 0 aliphatic rings. The van der Waals surface area contributed by atoms with Crippen molar-refractivity contribution in [3.63, 3.8) is 0 Å². The van der Waals surface area contributed by atoms with Crippen LogP contribution in [-0.2, 0) is 0 Å². The number of benzene rings is 8. The number of para-hydroxylation sites is 1. The third-order valence-corrected chi connectivity index (χ3v) is 9.02. The van der Waals surface area contributed by atoms with Crippen LogP contribution >= 0.6 is 0 Å². The molecule has 1 heterocycles. The summed E-state index contributed by atoms with van der Waals surface area (Å²) in [5.74, 6) is 0. The van der Waals surface area contributed by atoms with Crippen LogP contribution in [0.4, 0.5) is 17.1 Å². The van der Waals surface area contributed by atoms with E-state index in [9.17, 15) is 0 Å². The maximum Gasteiger partial charge on any atom is 0.137 e. The summed E-state index contributed by atoms with van der Waals surface area (Å²) in [4.78, 5) is 2.39. The quantitative estimate of drug-likeness (QED) is 0.199. The van der Waals surface area contributed by atoms with Crippen LogP contribution in [-0.4, -0.2) is 0 Å². The molecule has 0 spiro atoms. The van der Waals surface area contributed by atoms with Crippen molar-refractivity contribution >= 4 is 60.5 Å². The minimum Gasteiger partial charge on any atom is -0.456 e. The molecule has 0 aliphatic heterocycles. The molecule has 2 heteroatoms. The standard InChI is InChI=1S/C44H29NO/c1-2-12-32(13-3-1)38-17-8-9-18-40(38)45(37-25-23-31(24-26-37)36-22-21-30-11-4-5-14-33(30)27-36)41-19-10-20-42-44(41)39-28-34-15-6-7-16-35(34)29-43(39)46-42/h1-29H. The van der Waals surface area contributed by atoms with Crippen molar-refractivity contribution in [2.75, 3.05) is 4.90 Å². The fourth-order valence-corrected chi connectivity index (χ4v) is 6.79. The molecule has 0 atom stereocenters. The Morgan fingerprint density at radius 1 is 0.370 bits per heavy atom. The fraction of sp³-hybridized carbons (Fsp3) is 0. The lowest BCUT2D eigenvalue weighted by molar-refractivity contribution is 0.669. The monoisotopic (exact) mass is 587 g/mol. The van der Waals surface area contributed by atoms with Gasteiger partial charge in [-0.25, -0.2) is 0 Å². The maximum atomic E-state index is 6.52. The molecule has 0 saturated carbocycles. The SMILES string of the molecule is c1ccc(-c2ccccc2N(c2ccc(-c3ccc4ccccc4c3)cc2)c2cccc3oc4cc5ccccc5cc4c23)cc1. The molecule has 0 radical (unpaired) electrons. The van der Waals surface area contributed by atoms with Gasteiger partial charge in [0.15, 0.2) is 0 Å². The second-order valence-electron chi connectivity index (χ2n) is 11.8. The Labute approximate surface area is 267 Å². The smallest absolute Gasteiger partial charge is 0.137 e. The van der Waals surface area contributed by atoms with E-state index in [1.54, 1.807) is 0 Å². The fourth-order valence-electron chi connectivity index (χ4n) is 6.79. The van der Waals surface area contributed by atoms with Gasteiger partial charge in [-0.15, -0.1) is 0 Å². The van der Waals surface area contributed by atoms with Gasteiger partial charge < -0.3 is 9.32 Å².